The fourth-order valence-electron chi connectivity index (χ4n) is 1.72. The number of carbonyl (C=O) groups excluding carboxylic acids is 1. The van der Waals surface area contributed by atoms with E-state index >= 15 is 0 Å². The Bertz CT molecular complexity index is 780. The summed E-state index contributed by atoms with van der Waals surface area (Å²) < 4.78 is 29.5. The number of ketones is 1. The van der Waals surface area contributed by atoms with Gasteiger partial charge in [-0.05, 0) is 44.2 Å². The van der Waals surface area contributed by atoms with Gasteiger partial charge in [0.15, 0.2) is 11.5 Å². The highest BCUT2D eigenvalue weighted by atomic mass is 35.5. The van der Waals surface area contributed by atoms with E-state index in [9.17, 15) is 13.2 Å². The van der Waals surface area contributed by atoms with Crippen LogP contribution in [0.25, 0.3) is 0 Å². The molecule has 2 aromatic rings. The Hall–Kier alpha value is -1.85. The summed E-state index contributed by atoms with van der Waals surface area (Å²) in [6.45, 7) is 3.17. The van der Waals surface area contributed by atoms with Crippen LogP contribution in [0.1, 0.15) is 22.8 Å². The predicted molar refractivity (Wildman–Crippen MR) is 80.4 cm³/mol. The lowest BCUT2D eigenvalue weighted by atomic mass is 10.1. The van der Waals surface area contributed by atoms with Gasteiger partial charge in [0.05, 0.1) is 5.56 Å². The molecule has 0 radical (unpaired) electrons. The lowest BCUT2D eigenvalue weighted by Crippen LogP contribution is -2.12. The van der Waals surface area contributed by atoms with E-state index in [1.54, 1.807) is 12.1 Å². The van der Waals surface area contributed by atoms with Crippen LogP contribution in [0, 0.1) is 6.92 Å². The largest absolute Gasteiger partial charge is 0.378 e. The van der Waals surface area contributed by atoms with Crippen molar-refractivity contribution in [2.24, 2.45) is 0 Å². The third kappa shape index (κ3) is 3.62. The van der Waals surface area contributed by atoms with Crippen molar-refractivity contribution in [3.05, 3.63) is 58.6 Å². The van der Waals surface area contributed by atoms with Crippen LogP contribution < -0.4 is 4.18 Å². The van der Waals surface area contributed by atoms with Gasteiger partial charge < -0.3 is 4.18 Å². The van der Waals surface area contributed by atoms with Crippen molar-refractivity contribution in [2.75, 3.05) is 0 Å². The number of benzene rings is 2. The predicted octanol–water partition coefficient (Wildman–Crippen LogP) is 3.62. The molecule has 0 saturated heterocycles. The summed E-state index contributed by atoms with van der Waals surface area (Å²) in [4.78, 5) is 11.6. The third-order valence-corrected chi connectivity index (χ3v) is 4.31. The SMILES string of the molecule is CC(=O)c1cc(Cl)ccc1OS(=O)(=O)c1ccc(C)cc1. The van der Waals surface area contributed by atoms with Crippen LogP contribution in [0.3, 0.4) is 0 Å². The minimum atomic E-state index is -3.99. The maximum absolute atomic E-state index is 12.2. The molecule has 0 aliphatic rings. The quantitative estimate of drug-likeness (QED) is 0.636. The second-order valence-corrected chi connectivity index (χ2v) is 6.53. The number of Topliss-reactive ketones (excluding diaryl/α,β-unsaturated/α-hetero) is 1. The molecule has 110 valence electrons. The minimum absolute atomic E-state index is 0.0255. The Labute approximate surface area is 128 Å². The molecule has 0 bridgehead atoms. The average molecular weight is 325 g/mol. The third-order valence-electron chi connectivity index (χ3n) is 2.83. The van der Waals surface area contributed by atoms with Crippen LogP contribution in [0.2, 0.25) is 5.02 Å². The molecular formula is C15H13ClO4S. The van der Waals surface area contributed by atoms with Gasteiger partial charge in [-0.3, -0.25) is 4.79 Å². The van der Waals surface area contributed by atoms with Crippen molar-refractivity contribution in [1.29, 1.82) is 0 Å². The molecule has 0 atom stereocenters. The average Bonchev–Trinajstić information content (AvgIpc) is 2.41. The van der Waals surface area contributed by atoms with Crippen LogP contribution in [0.15, 0.2) is 47.4 Å². The zero-order chi connectivity index (χ0) is 15.6. The molecule has 0 aliphatic carbocycles. The Balaban J connectivity index is 2.41. The van der Waals surface area contributed by atoms with Gasteiger partial charge in [-0.15, -0.1) is 0 Å². The lowest BCUT2D eigenvalue weighted by molar-refractivity contribution is 0.101. The molecule has 0 saturated carbocycles. The number of aryl methyl sites for hydroxylation is 1. The van der Waals surface area contributed by atoms with Gasteiger partial charge in [0, 0.05) is 5.02 Å². The number of hydrogen-bond acceptors (Lipinski definition) is 4. The van der Waals surface area contributed by atoms with E-state index in [-0.39, 0.29) is 22.0 Å². The lowest BCUT2D eigenvalue weighted by Gasteiger charge is -2.10. The Morgan fingerprint density at radius 3 is 2.29 bits per heavy atom. The van der Waals surface area contributed by atoms with Crippen molar-refractivity contribution in [1.82, 2.24) is 0 Å². The van der Waals surface area contributed by atoms with Gasteiger partial charge in [-0.1, -0.05) is 29.3 Å². The first kappa shape index (κ1) is 15.5. The van der Waals surface area contributed by atoms with Crippen molar-refractivity contribution >= 4 is 27.5 Å². The number of hydrogen-bond donors (Lipinski definition) is 0. The molecule has 0 heterocycles. The summed E-state index contributed by atoms with van der Waals surface area (Å²) in [6, 6.07) is 10.5. The summed E-state index contributed by atoms with van der Waals surface area (Å²) in [6.07, 6.45) is 0. The molecular weight excluding hydrogens is 312 g/mol. The molecule has 2 aromatic carbocycles. The van der Waals surface area contributed by atoms with E-state index in [2.05, 4.69) is 0 Å². The highest BCUT2D eigenvalue weighted by Gasteiger charge is 2.20. The van der Waals surface area contributed by atoms with E-state index in [1.807, 2.05) is 6.92 Å². The number of rotatable bonds is 4. The van der Waals surface area contributed by atoms with Gasteiger partial charge in [0.25, 0.3) is 0 Å². The van der Waals surface area contributed by atoms with E-state index in [1.165, 1.54) is 37.3 Å². The molecule has 4 nitrogen and oxygen atoms in total. The van der Waals surface area contributed by atoms with E-state index in [0.29, 0.717) is 5.02 Å². The van der Waals surface area contributed by atoms with Crippen LogP contribution >= 0.6 is 11.6 Å². The second-order valence-electron chi connectivity index (χ2n) is 4.55. The molecule has 0 N–H and O–H groups in total. The second kappa shape index (κ2) is 5.87. The highest BCUT2D eigenvalue weighted by Crippen LogP contribution is 2.26. The van der Waals surface area contributed by atoms with Crippen molar-refractivity contribution in [2.45, 2.75) is 18.7 Å². The first-order chi connectivity index (χ1) is 9.79. The first-order valence-electron chi connectivity index (χ1n) is 6.11. The zero-order valence-electron chi connectivity index (χ0n) is 11.5. The van der Waals surface area contributed by atoms with Crippen molar-refractivity contribution < 1.29 is 17.4 Å². The van der Waals surface area contributed by atoms with Gasteiger partial charge in [0.1, 0.15) is 4.90 Å². The molecule has 6 heteroatoms. The summed E-state index contributed by atoms with van der Waals surface area (Å²) in [7, 11) is -3.99. The van der Waals surface area contributed by atoms with Crippen LogP contribution in [-0.2, 0) is 10.1 Å². The summed E-state index contributed by atoms with van der Waals surface area (Å²) >= 11 is 5.81. The van der Waals surface area contributed by atoms with Crippen molar-refractivity contribution in [3.8, 4) is 5.75 Å². The van der Waals surface area contributed by atoms with Crippen LogP contribution in [-0.4, -0.2) is 14.2 Å². The smallest absolute Gasteiger partial charge is 0.339 e. The van der Waals surface area contributed by atoms with E-state index < -0.39 is 10.1 Å². The topological polar surface area (TPSA) is 60.4 Å². The summed E-state index contributed by atoms with van der Waals surface area (Å²) in [5.74, 6) is -0.362. The number of halogens is 1. The molecule has 0 spiro atoms. The van der Waals surface area contributed by atoms with Crippen LogP contribution in [0.4, 0.5) is 0 Å². The summed E-state index contributed by atoms with van der Waals surface area (Å²) in [5, 5.41) is 0.334. The molecule has 0 aliphatic heterocycles. The summed E-state index contributed by atoms with van der Waals surface area (Å²) in [5.41, 5.74) is 1.06. The monoisotopic (exact) mass is 324 g/mol. The number of carbonyl (C=O) groups is 1. The fraction of sp³-hybridized carbons (Fsp3) is 0.133. The molecule has 0 amide bonds. The Morgan fingerprint density at radius 2 is 1.71 bits per heavy atom. The standard InChI is InChI=1S/C15H13ClO4S/c1-10-3-6-13(7-4-10)21(18,19)20-15-8-5-12(16)9-14(15)11(2)17/h3-9H,1-2H3. The van der Waals surface area contributed by atoms with E-state index in [4.69, 9.17) is 15.8 Å². The minimum Gasteiger partial charge on any atom is -0.378 e. The fourth-order valence-corrected chi connectivity index (χ4v) is 2.84. The zero-order valence-corrected chi connectivity index (χ0v) is 13.0. The molecule has 0 unspecified atom stereocenters. The Kier molecular flexibility index (Phi) is 4.34. The van der Waals surface area contributed by atoms with Gasteiger partial charge in [-0.2, -0.15) is 8.42 Å². The van der Waals surface area contributed by atoms with Crippen LogP contribution in [0.5, 0.6) is 5.75 Å². The molecule has 21 heavy (non-hydrogen) atoms. The maximum Gasteiger partial charge on any atom is 0.339 e. The maximum atomic E-state index is 12.2. The molecule has 0 fully saturated rings. The molecule has 2 rings (SSSR count). The van der Waals surface area contributed by atoms with Crippen molar-refractivity contribution in [3.63, 3.8) is 0 Å². The van der Waals surface area contributed by atoms with E-state index in [0.717, 1.165) is 5.56 Å². The Morgan fingerprint density at radius 1 is 1.10 bits per heavy atom. The van der Waals surface area contributed by atoms with Gasteiger partial charge >= 0.3 is 10.1 Å². The molecule has 0 aromatic heterocycles. The van der Waals surface area contributed by atoms with Gasteiger partial charge in [-0.25, -0.2) is 0 Å². The first-order valence-corrected chi connectivity index (χ1v) is 7.90. The van der Waals surface area contributed by atoms with Gasteiger partial charge in [0.2, 0.25) is 0 Å². The normalized spacial score (nSPS) is 11.2. The highest BCUT2D eigenvalue weighted by molar-refractivity contribution is 7.87.